The molecule has 2 heterocycles. The Morgan fingerprint density at radius 1 is 1.06 bits per heavy atom. The Labute approximate surface area is 186 Å². The molecule has 8 heteroatoms. The van der Waals surface area contributed by atoms with Crippen molar-refractivity contribution in [2.75, 3.05) is 20.6 Å². The van der Waals surface area contributed by atoms with Crippen LogP contribution < -0.4 is 0 Å². The first kappa shape index (κ1) is 21.8. The van der Waals surface area contributed by atoms with Crippen molar-refractivity contribution in [3.63, 3.8) is 0 Å². The number of rotatable bonds is 6. The van der Waals surface area contributed by atoms with Crippen molar-refractivity contribution in [3.8, 4) is 5.69 Å². The van der Waals surface area contributed by atoms with Gasteiger partial charge in [-0.3, -0.25) is 14.4 Å². The highest BCUT2D eigenvalue weighted by molar-refractivity contribution is 7.71. The van der Waals surface area contributed by atoms with Gasteiger partial charge >= 0.3 is 0 Å². The number of hydrogen-bond acceptors (Lipinski definition) is 4. The molecule has 1 aliphatic rings. The van der Waals surface area contributed by atoms with E-state index in [-0.39, 0.29) is 23.7 Å². The van der Waals surface area contributed by atoms with E-state index < -0.39 is 0 Å². The first-order chi connectivity index (χ1) is 14.8. The van der Waals surface area contributed by atoms with Crippen LogP contribution in [0.25, 0.3) is 5.69 Å². The van der Waals surface area contributed by atoms with Crippen molar-refractivity contribution in [1.29, 1.82) is 0 Å². The summed E-state index contributed by atoms with van der Waals surface area (Å²) in [6, 6.07) is 13.3. The number of hydrogen-bond donors (Lipinski definition) is 0. The lowest BCUT2D eigenvalue weighted by atomic mass is 10.0. The zero-order chi connectivity index (χ0) is 22.1. The Kier molecular flexibility index (Phi) is 6.31. The van der Waals surface area contributed by atoms with E-state index in [1.54, 1.807) is 12.1 Å². The molecule has 1 fully saturated rings. The quantitative estimate of drug-likeness (QED) is 0.496. The Hall–Kier alpha value is -2.42. The van der Waals surface area contributed by atoms with E-state index in [1.807, 2.05) is 35.5 Å². The maximum absolute atomic E-state index is 13.5. The summed E-state index contributed by atoms with van der Waals surface area (Å²) in [5.41, 5.74) is 1.89. The molecule has 0 aliphatic carbocycles. The monoisotopic (exact) mass is 443 g/mol. The Morgan fingerprint density at radius 2 is 1.68 bits per heavy atom. The van der Waals surface area contributed by atoms with Crippen molar-refractivity contribution in [2.24, 2.45) is 0 Å². The van der Waals surface area contributed by atoms with Gasteiger partial charge < -0.3 is 0 Å². The fourth-order valence-electron chi connectivity index (χ4n) is 4.08. The fraction of sp³-hybridized carbons (Fsp3) is 0.391. The van der Waals surface area contributed by atoms with Gasteiger partial charge in [-0.25, -0.2) is 13.5 Å². The van der Waals surface area contributed by atoms with Gasteiger partial charge in [-0.1, -0.05) is 12.1 Å². The van der Waals surface area contributed by atoms with Crippen LogP contribution in [0.15, 0.2) is 48.5 Å². The minimum atomic E-state index is -0.288. The van der Waals surface area contributed by atoms with Crippen LogP contribution in [0.3, 0.4) is 0 Å². The molecule has 1 saturated heterocycles. The van der Waals surface area contributed by atoms with Crippen LogP contribution in [0, 0.1) is 16.4 Å². The molecular formula is C23H27F2N5S. The SMILES string of the molecule is C[C@H](c1nn(CN2CCC[C@H]2c2ccc(F)cc2)c(=S)n1-c1ccc(F)cc1)N(C)C. The first-order valence-corrected chi connectivity index (χ1v) is 10.9. The molecule has 5 nitrogen and oxygen atoms in total. The minimum absolute atomic E-state index is 0.0134. The zero-order valence-corrected chi connectivity index (χ0v) is 18.8. The number of halogens is 2. The molecule has 2 atom stereocenters. The Bertz CT molecular complexity index is 1090. The predicted molar refractivity (Wildman–Crippen MR) is 120 cm³/mol. The largest absolute Gasteiger partial charge is 0.300 e. The second kappa shape index (κ2) is 8.98. The minimum Gasteiger partial charge on any atom is -0.300 e. The third-order valence-corrected chi connectivity index (χ3v) is 6.42. The third-order valence-electron chi connectivity index (χ3n) is 6.03. The van der Waals surface area contributed by atoms with Crippen molar-refractivity contribution in [2.45, 2.75) is 38.5 Å². The van der Waals surface area contributed by atoms with E-state index in [0.717, 1.165) is 36.5 Å². The molecular weight excluding hydrogens is 416 g/mol. The summed E-state index contributed by atoms with van der Waals surface area (Å²) in [4.78, 5) is 4.40. The van der Waals surface area contributed by atoms with Gasteiger partial charge in [0.25, 0.3) is 0 Å². The van der Waals surface area contributed by atoms with E-state index in [4.69, 9.17) is 17.3 Å². The van der Waals surface area contributed by atoms with Crippen LogP contribution >= 0.6 is 12.2 Å². The lowest BCUT2D eigenvalue weighted by Crippen LogP contribution is -2.27. The van der Waals surface area contributed by atoms with Gasteiger partial charge in [0.15, 0.2) is 5.82 Å². The molecule has 2 aromatic carbocycles. The Morgan fingerprint density at radius 3 is 2.29 bits per heavy atom. The number of nitrogens with zero attached hydrogens (tertiary/aromatic N) is 5. The summed E-state index contributed by atoms with van der Waals surface area (Å²) in [6.07, 6.45) is 2.08. The lowest BCUT2D eigenvalue weighted by molar-refractivity contribution is 0.188. The molecule has 1 aliphatic heterocycles. The highest BCUT2D eigenvalue weighted by Gasteiger charge is 2.28. The molecule has 0 bridgehead atoms. The van der Waals surface area contributed by atoms with Gasteiger partial charge in [0.1, 0.15) is 11.6 Å². The van der Waals surface area contributed by atoms with Gasteiger partial charge in [-0.2, -0.15) is 5.10 Å². The number of benzene rings is 2. The molecule has 164 valence electrons. The van der Waals surface area contributed by atoms with Gasteiger partial charge in [0.2, 0.25) is 4.77 Å². The van der Waals surface area contributed by atoms with Crippen molar-refractivity contribution >= 4 is 12.2 Å². The van der Waals surface area contributed by atoms with Gasteiger partial charge in [0.05, 0.1) is 12.7 Å². The van der Waals surface area contributed by atoms with Crippen LogP contribution in [-0.4, -0.2) is 44.8 Å². The number of aromatic nitrogens is 3. The normalized spacial score (nSPS) is 18.1. The van der Waals surface area contributed by atoms with Gasteiger partial charge in [-0.05, 0) is 88.0 Å². The van der Waals surface area contributed by atoms with E-state index in [9.17, 15) is 8.78 Å². The van der Waals surface area contributed by atoms with E-state index in [2.05, 4.69) is 16.7 Å². The summed E-state index contributed by atoms with van der Waals surface area (Å²) in [7, 11) is 3.99. The van der Waals surface area contributed by atoms with Gasteiger partial charge in [-0.15, -0.1) is 0 Å². The molecule has 3 aromatic rings. The topological polar surface area (TPSA) is 29.2 Å². The van der Waals surface area contributed by atoms with Crippen LogP contribution in [0.2, 0.25) is 0 Å². The lowest BCUT2D eigenvalue weighted by Gasteiger charge is -2.24. The molecule has 31 heavy (non-hydrogen) atoms. The zero-order valence-electron chi connectivity index (χ0n) is 18.0. The second-order valence-electron chi connectivity index (χ2n) is 8.26. The Balaban J connectivity index is 1.70. The first-order valence-electron chi connectivity index (χ1n) is 10.5. The smallest absolute Gasteiger partial charge is 0.203 e. The summed E-state index contributed by atoms with van der Waals surface area (Å²) in [5.74, 6) is 0.291. The molecule has 0 saturated carbocycles. The van der Waals surface area contributed by atoms with E-state index >= 15 is 0 Å². The standard InChI is InChI=1S/C23H27F2N5S/c1-16(27(2)3)22-26-29(23(31)30(22)20-12-10-19(25)11-13-20)15-28-14-4-5-21(28)17-6-8-18(24)9-7-17/h6-13,16,21H,4-5,14-15H2,1-3H3/t16-,21+/m1/s1. The molecule has 1 aromatic heterocycles. The summed E-state index contributed by atoms with van der Waals surface area (Å²) in [5, 5.41) is 4.87. The molecule has 4 rings (SSSR count). The van der Waals surface area contributed by atoms with Crippen LogP contribution in [-0.2, 0) is 6.67 Å². The molecule has 0 amide bonds. The molecule has 0 radical (unpaired) electrons. The van der Waals surface area contributed by atoms with Crippen LogP contribution in [0.1, 0.15) is 43.2 Å². The van der Waals surface area contributed by atoms with Crippen molar-refractivity contribution in [1.82, 2.24) is 24.1 Å². The van der Waals surface area contributed by atoms with E-state index in [0.29, 0.717) is 11.4 Å². The fourth-order valence-corrected chi connectivity index (χ4v) is 4.38. The van der Waals surface area contributed by atoms with Crippen LogP contribution in [0.4, 0.5) is 8.78 Å². The maximum atomic E-state index is 13.5. The molecule has 0 spiro atoms. The molecule has 0 unspecified atom stereocenters. The third kappa shape index (κ3) is 4.46. The number of likely N-dealkylation sites (tertiary alicyclic amines) is 1. The van der Waals surface area contributed by atoms with Gasteiger partial charge in [0, 0.05) is 18.3 Å². The summed E-state index contributed by atoms with van der Waals surface area (Å²) < 4.78 is 31.2. The van der Waals surface area contributed by atoms with E-state index in [1.165, 1.54) is 24.3 Å². The predicted octanol–water partition coefficient (Wildman–Crippen LogP) is 5.10. The average Bonchev–Trinajstić information content (AvgIpc) is 3.34. The van der Waals surface area contributed by atoms with Crippen molar-refractivity contribution in [3.05, 3.63) is 76.3 Å². The summed E-state index contributed by atoms with van der Waals surface area (Å²) >= 11 is 5.82. The molecule has 0 N–H and O–H groups in total. The second-order valence-corrected chi connectivity index (χ2v) is 8.62. The van der Waals surface area contributed by atoms with Crippen LogP contribution in [0.5, 0.6) is 0 Å². The maximum Gasteiger partial charge on any atom is 0.203 e. The highest BCUT2D eigenvalue weighted by Crippen LogP contribution is 2.32. The summed E-state index contributed by atoms with van der Waals surface area (Å²) in [6.45, 7) is 3.53. The van der Waals surface area contributed by atoms with Crippen molar-refractivity contribution < 1.29 is 8.78 Å². The highest BCUT2D eigenvalue weighted by atomic mass is 32.1. The average molecular weight is 444 g/mol.